The number of methoxy groups -OCH3 is 1. The van der Waals surface area contributed by atoms with Crippen molar-refractivity contribution in [2.24, 2.45) is 4.99 Å². The summed E-state index contributed by atoms with van der Waals surface area (Å²) in [6, 6.07) is 18.8. The van der Waals surface area contributed by atoms with Gasteiger partial charge in [-0.1, -0.05) is 60.7 Å². The Morgan fingerprint density at radius 2 is 1.26 bits per heavy atom. The van der Waals surface area contributed by atoms with Gasteiger partial charge in [0.15, 0.2) is 23.3 Å². The van der Waals surface area contributed by atoms with Gasteiger partial charge in [-0.25, -0.2) is 31.9 Å². The third kappa shape index (κ3) is 6.39. The van der Waals surface area contributed by atoms with Crippen LogP contribution in [0.5, 0.6) is 5.88 Å². The number of rotatable bonds is 6. The van der Waals surface area contributed by atoms with E-state index in [4.69, 9.17) is 4.74 Å². The van der Waals surface area contributed by atoms with Gasteiger partial charge in [0, 0.05) is 11.1 Å². The molecular weight excluding hydrogens is 594 g/mol. The minimum atomic E-state index is -2.32. The van der Waals surface area contributed by atoms with E-state index in [9.17, 15) is 26.7 Å². The van der Waals surface area contributed by atoms with E-state index in [2.05, 4.69) is 9.98 Å². The fraction of sp³-hybridized carbons (Fsp3) is 0.0385. The maximum absolute atomic E-state index is 14.0. The van der Waals surface area contributed by atoms with E-state index in [0.29, 0.717) is 23.0 Å². The van der Waals surface area contributed by atoms with Gasteiger partial charge in [0.25, 0.3) is 0 Å². The maximum Gasteiger partial charge on any atom is 2.00 e. The second kappa shape index (κ2) is 14.0. The predicted molar refractivity (Wildman–Crippen MR) is 120 cm³/mol. The zero-order chi connectivity index (χ0) is 25.1. The Bertz CT molecular complexity index is 1430. The molecule has 0 saturated carbocycles. The summed E-state index contributed by atoms with van der Waals surface area (Å²) in [6.07, 6.45) is 0.494. The zero-order valence-electron chi connectivity index (χ0n) is 19.1. The molecule has 4 nitrogen and oxygen atoms in total. The fourth-order valence-corrected chi connectivity index (χ4v) is 3.40. The summed E-state index contributed by atoms with van der Waals surface area (Å²) in [5.41, 5.74) is 0.340. The standard InChI is InChI=1S/C26H15F5N2O2.2ClH.Fe/c1-35-26-19(15-10-6-3-7-11-15)16(12-17(33-26)14-8-4-2-5-9-14)18(34)13-32-25-23(30)21(28)20(27)22(29)24(25)31;;;/h2-13H,1H3;2*1H;/q;;;+2/p-2. The summed E-state index contributed by atoms with van der Waals surface area (Å²) in [6.45, 7) is 0. The molecule has 0 N–H and O–H groups in total. The van der Waals surface area contributed by atoms with Crippen LogP contribution >= 0.6 is 0 Å². The van der Waals surface area contributed by atoms with Crippen molar-refractivity contribution in [1.29, 1.82) is 0 Å². The third-order valence-corrected chi connectivity index (χ3v) is 5.07. The number of nitrogens with zero attached hydrogens (tertiary/aromatic N) is 2. The van der Waals surface area contributed by atoms with Crippen LogP contribution in [0.2, 0.25) is 0 Å². The first-order chi connectivity index (χ1) is 16.8. The van der Waals surface area contributed by atoms with E-state index in [1.165, 1.54) is 13.2 Å². The SMILES string of the molecule is COc1nc(-c2ccccc2)cc(C(=O)C=Nc2c(F)c(F)c(F)c(F)c2F)c1-c1ccccc1.[Cl-].[Cl-].[Fe+2]. The van der Waals surface area contributed by atoms with Crippen LogP contribution < -0.4 is 29.6 Å². The summed E-state index contributed by atoms with van der Waals surface area (Å²) in [5.74, 6) is -11.7. The molecule has 0 aliphatic carbocycles. The van der Waals surface area contributed by atoms with E-state index < -0.39 is 40.6 Å². The molecule has 0 spiro atoms. The van der Waals surface area contributed by atoms with Gasteiger partial charge in [0.05, 0.1) is 24.6 Å². The topological polar surface area (TPSA) is 51.5 Å². The first-order valence-corrected chi connectivity index (χ1v) is 10.1. The Kier molecular flexibility index (Phi) is 12.1. The average molecular weight is 609 g/mol. The quantitative estimate of drug-likeness (QED) is 0.0810. The van der Waals surface area contributed by atoms with Gasteiger partial charge in [0.1, 0.15) is 5.69 Å². The second-order valence-electron chi connectivity index (χ2n) is 7.21. The molecule has 12 heteroatoms. The van der Waals surface area contributed by atoms with Crippen LogP contribution in [0.3, 0.4) is 0 Å². The van der Waals surface area contributed by atoms with Crippen molar-refractivity contribution in [2.45, 2.75) is 0 Å². The number of carbonyl (C=O) groups excluding carboxylic acids is 1. The predicted octanol–water partition coefficient (Wildman–Crippen LogP) is 0.710. The molecule has 0 fully saturated rings. The van der Waals surface area contributed by atoms with E-state index in [1.807, 2.05) is 0 Å². The van der Waals surface area contributed by atoms with Gasteiger partial charge in [0.2, 0.25) is 17.5 Å². The number of ether oxygens (including phenoxy) is 1. The Labute approximate surface area is 237 Å². The molecule has 0 radical (unpaired) electrons. The Balaban J connectivity index is 0.00000241. The number of benzene rings is 3. The van der Waals surface area contributed by atoms with Crippen LogP contribution in [-0.2, 0) is 17.1 Å². The zero-order valence-corrected chi connectivity index (χ0v) is 21.8. The number of hydrogen-bond donors (Lipinski definition) is 0. The number of hydrogen-bond acceptors (Lipinski definition) is 4. The van der Waals surface area contributed by atoms with Crippen molar-refractivity contribution >= 4 is 17.7 Å². The molecule has 0 aliphatic heterocycles. The van der Waals surface area contributed by atoms with Gasteiger partial charge >= 0.3 is 17.1 Å². The maximum atomic E-state index is 14.0. The van der Waals surface area contributed by atoms with Crippen molar-refractivity contribution in [3.05, 3.63) is 101 Å². The molecule has 0 bridgehead atoms. The molecule has 0 saturated heterocycles. The van der Waals surface area contributed by atoms with Crippen molar-refractivity contribution in [1.82, 2.24) is 4.98 Å². The van der Waals surface area contributed by atoms with Crippen molar-refractivity contribution < 1.29 is 73.4 Å². The summed E-state index contributed by atoms with van der Waals surface area (Å²) in [7, 11) is 1.36. The molecule has 0 aliphatic rings. The number of aliphatic imine (C=N–C) groups is 1. The van der Waals surface area contributed by atoms with Crippen LogP contribution in [0.4, 0.5) is 27.6 Å². The van der Waals surface area contributed by atoms with E-state index in [0.717, 1.165) is 0 Å². The average Bonchev–Trinajstić information content (AvgIpc) is 2.90. The van der Waals surface area contributed by atoms with Crippen molar-refractivity contribution in [3.63, 3.8) is 0 Å². The first kappa shape index (κ1) is 32.7. The third-order valence-electron chi connectivity index (χ3n) is 5.07. The molecule has 3 aromatic carbocycles. The Morgan fingerprint density at radius 3 is 1.76 bits per heavy atom. The van der Waals surface area contributed by atoms with Crippen LogP contribution in [0.1, 0.15) is 10.4 Å². The van der Waals surface area contributed by atoms with Gasteiger partial charge in [-0.3, -0.25) is 4.79 Å². The van der Waals surface area contributed by atoms with E-state index in [1.54, 1.807) is 60.7 Å². The monoisotopic (exact) mass is 608 g/mol. The molecule has 4 rings (SSSR count). The number of pyridine rings is 1. The molecule has 0 amide bonds. The van der Waals surface area contributed by atoms with Crippen LogP contribution in [0.25, 0.3) is 22.4 Å². The Hall–Kier alpha value is -3.30. The van der Waals surface area contributed by atoms with Gasteiger partial charge < -0.3 is 29.6 Å². The molecule has 4 aromatic rings. The van der Waals surface area contributed by atoms with Gasteiger partial charge in [-0.15, -0.1) is 0 Å². The normalized spacial score (nSPS) is 10.3. The largest absolute Gasteiger partial charge is 2.00 e. The molecule has 0 unspecified atom stereocenters. The van der Waals surface area contributed by atoms with Crippen LogP contribution in [-0.4, -0.2) is 24.1 Å². The van der Waals surface area contributed by atoms with Crippen LogP contribution in [0.15, 0.2) is 71.7 Å². The molecule has 38 heavy (non-hydrogen) atoms. The molecular formula is C26H15Cl2F5FeN2O2. The molecule has 198 valence electrons. The van der Waals surface area contributed by atoms with E-state index in [-0.39, 0.29) is 58.9 Å². The fourth-order valence-electron chi connectivity index (χ4n) is 3.40. The smallest absolute Gasteiger partial charge is 1.00 e. The summed E-state index contributed by atoms with van der Waals surface area (Å²) in [4.78, 5) is 21.0. The summed E-state index contributed by atoms with van der Waals surface area (Å²) >= 11 is 0. The van der Waals surface area contributed by atoms with Gasteiger partial charge in [-0.05, 0) is 11.6 Å². The number of halogens is 7. The van der Waals surface area contributed by atoms with Gasteiger partial charge in [-0.2, -0.15) is 0 Å². The summed E-state index contributed by atoms with van der Waals surface area (Å²) < 4.78 is 73.9. The van der Waals surface area contributed by atoms with E-state index >= 15 is 0 Å². The number of aromatic nitrogens is 1. The van der Waals surface area contributed by atoms with Crippen molar-refractivity contribution in [3.8, 4) is 28.3 Å². The van der Waals surface area contributed by atoms with Crippen LogP contribution in [0, 0.1) is 29.1 Å². The number of ketones is 1. The molecule has 1 aromatic heterocycles. The molecule has 1 heterocycles. The minimum absolute atomic E-state index is 0. The van der Waals surface area contributed by atoms with Crippen molar-refractivity contribution in [2.75, 3.05) is 7.11 Å². The Morgan fingerprint density at radius 1 is 0.789 bits per heavy atom. The second-order valence-corrected chi connectivity index (χ2v) is 7.21. The molecule has 0 atom stereocenters. The number of Topliss-reactive ketones (excluding diaryl/α,β-unsaturated/α-hetero) is 1. The first-order valence-electron chi connectivity index (χ1n) is 10.1. The number of carbonyl (C=O) groups is 1. The summed E-state index contributed by atoms with van der Waals surface area (Å²) in [5, 5.41) is 0. The minimum Gasteiger partial charge on any atom is -1.00 e.